The number of aliphatic carboxylic acids is 1. The van der Waals surface area contributed by atoms with Gasteiger partial charge in [0.1, 0.15) is 18.1 Å². The van der Waals surface area contributed by atoms with Crippen LogP contribution in [0.15, 0.2) is 0 Å². The average Bonchev–Trinajstić information content (AvgIpc) is 2.41. The molecule has 122 valence electrons. The highest BCUT2D eigenvalue weighted by atomic mass is 32.1. The van der Waals surface area contributed by atoms with Crippen molar-refractivity contribution in [2.75, 3.05) is 12.4 Å². The summed E-state index contributed by atoms with van der Waals surface area (Å²) >= 11 is 3.85. The van der Waals surface area contributed by atoms with Crippen LogP contribution in [0, 0.1) is 5.92 Å². The largest absolute Gasteiger partial charge is 0.480 e. The molecule has 0 aromatic carbocycles. The average molecular weight is 321 g/mol. The van der Waals surface area contributed by atoms with Crippen molar-refractivity contribution < 1.29 is 24.6 Å². The summed E-state index contributed by atoms with van der Waals surface area (Å²) in [7, 11) is 0. The highest BCUT2D eigenvalue weighted by Crippen LogP contribution is 2.06. The van der Waals surface area contributed by atoms with Crippen LogP contribution in [0.3, 0.4) is 0 Å². The van der Waals surface area contributed by atoms with E-state index in [0.29, 0.717) is 6.42 Å². The number of aliphatic hydroxyl groups is 1. The number of thiol groups is 1. The van der Waals surface area contributed by atoms with E-state index in [1.807, 2.05) is 13.8 Å². The van der Waals surface area contributed by atoms with Gasteiger partial charge in [-0.1, -0.05) is 13.8 Å². The molecule has 0 aliphatic carbocycles. The van der Waals surface area contributed by atoms with Crippen molar-refractivity contribution >= 4 is 30.4 Å². The van der Waals surface area contributed by atoms with Crippen molar-refractivity contribution in [3.8, 4) is 0 Å². The van der Waals surface area contributed by atoms with Crippen molar-refractivity contribution in [1.29, 1.82) is 0 Å². The van der Waals surface area contributed by atoms with Gasteiger partial charge in [-0.15, -0.1) is 0 Å². The predicted molar refractivity (Wildman–Crippen MR) is 79.9 cm³/mol. The number of carboxylic acids is 1. The molecule has 6 N–H and O–H groups in total. The van der Waals surface area contributed by atoms with Crippen LogP contribution in [-0.4, -0.2) is 58.5 Å². The van der Waals surface area contributed by atoms with E-state index >= 15 is 0 Å². The smallest absolute Gasteiger partial charge is 0.327 e. The Balaban J connectivity index is 4.84. The molecule has 0 rings (SSSR count). The fraction of sp³-hybridized carbons (Fsp3) is 0.750. The lowest BCUT2D eigenvalue weighted by Crippen LogP contribution is -2.55. The van der Waals surface area contributed by atoms with Gasteiger partial charge >= 0.3 is 5.97 Å². The van der Waals surface area contributed by atoms with E-state index in [9.17, 15) is 14.4 Å². The molecule has 0 saturated carbocycles. The van der Waals surface area contributed by atoms with Crippen molar-refractivity contribution in [2.45, 2.75) is 38.4 Å². The molecule has 0 heterocycles. The van der Waals surface area contributed by atoms with Crippen LogP contribution in [-0.2, 0) is 14.4 Å². The zero-order valence-corrected chi connectivity index (χ0v) is 13.0. The van der Waals surface area contributed by atoms with E-state index in [4.69, 9.17) is 15.9 Å². The summed E-state index contributed by atoms with van der Waals surface area (Å²) in [6.07, 6.45) is 0.314. The SMILES string of the molecule is CC(C)CC(NC(=O)C(N)CO)C(=O)NC(CS)C(=O)O. The molecule has 9 heteroatoms. The molecule has 0 spiro atoms. The molecule has 0 bridgehead atoms. The summed E-state index contributed by atoms with van der Waals surface area (Å²) in [4.78, 5) is 34.6. The number of nitrogens with two attached hydrogens (primary N) is 1. The van der Waals surface area contributed by atoms with Gasteiger partial charge in [0.15, 0.2) is 0 Å². The van der Waals surface area contributed by atoms with E-state index < -0.39 is 42.5 Å². The van der Waals surface area contributed by atoms with Crippen molar-refractivity contribution in [1.82, 2.24) is 10.6 Å². The Morgan fingerprint density at radius 1 is 1.14 bits per heavy atom. The minimum atomic E-state index is -1.21. The van der Waals surface area contributed by atoms with Gasteiger partial charge in [-0.05, 0) is 12.3 Å². The number of aliphatic hydroxyl groups excluding tert-OH is 1. The highest BCUT2D eigenvalue weighted by Gasteiger charge is 2.27. The third kappa shape index (κ3) is 7.30. The predicted octanol–water partition coefficient (Wildman–Crippen LogP) is -1.66. The highest BCUT2D eigenvalue weighted by molar-refractivity contribution is 7.80. The Kier molecular flexibility index (Phi) is 8.98. The second-order valence-corrected chi connectivity index (χ2v) is 5.43. The fourth-order valence-electron chi connectivity index (χ4n) is 1.52. The number of carbonyl (C=O) groups excluding carboxylic acids is 2. The van der Waals surface area contributed by atoms with Crippen LogP contribution in [0.25, 0.3) is 0 Å². The first-order chi connectivity index (χ1) is 9.72. The maximum absolute atomic E-state index is 12.1. The number of carboxylic acid groups (broad SMARTS) is 1. The van der Waals surface area contributed by atoms with Gasteiger partial charge in [-0.2, -0.15) is 12.6 Å². The molecule has 0 saturated heterocycles. The first kappa shape index (κ1) is 19.7. The number of nitrogens with one attached hydrogen (secondary N) is 2. The second kappa shape index (κ2) is 9.59. The van der Waals surface area contributed by atoms with Gasteiger partial charge < -0.3 is 26.6 Å². The number of hydrogen-bond donors (Lipinski definition) is 6. The Labute approximate surface area is 128 Å². The van der Waals surface area contributed by atoms with E-state index in [0.717, 1.165) is 0 Å². The third-order valence-electron chi connectivity index (χ3n) is 2.67. The Morgan fingerprint density at radius 2 is 1.67 bits per heavy atom. The van der Waals surface area contributed by atoms with Gasteiger partial charge in [0.05, 0.1) is 6.61 Å². The topological polar surface area (TPSA) is 142 Å². The molecular formula is C12H23N3O5S. The molecule has 0 aromatic rings. The van der Waals surface area contributed by atoms with Crippen molar-refractivity contribution in [3.05, 3.63) is 0 Å². The van der Waals surface area contributed by atoms with E-state index in [1.165, 1.54) is 0 Å². The lowest BCUT2D eigenvalue weighted by molar-refractivity contribution is -0.141. The second-order valence-electron chi connectivity index (χ2n) is 5.06. The molecule has 0 radical (unpaired) electrons. The number of hydrogen-bond acceptors (Lipinski definition) is 6. The van der Waals surface area contributed by atoms with Crippen molar-refractivity contribution in [3.63, 3.8) is 0 Å². The number of carbonyl (C=O) groups is 3. The van der Waals surface area contributed by atoms with Gasteiger partial charge in [-0.25, -0.2) is 4.79 Å². The van der Waals surface area contributed by atoms with Gasteiger partial charge in [0, 0.05) is 5.75 Å². The molecule has 0 aromatic heterocycles. The third-order valence-corrected chi connectivity index (χ3v) is 3.04. The lowest BCUT2D eigenvalue weighted by Gasteiger charge is -2.23. The Hall–Kier alpha value is -1.32. The minimum absolute atomic E-state index is 0.0699. The Morgan fingerprint density at radius 3 is 2.05 bits per heavy atom. The monoisotopic (exact) mass is 321 g/mol. The molecule has 3 unspecified atom stereocenters. The Bertz CT molecular complexity index is 378. The molecule has 2 amide bonds. The van der Waals surface area contributed by atoms with Crippen LogP contribution >= 0.6 is 12.6 Å². The summed E-state index contributed by atoms with van der Waals surface area (Å²) < 4.78 is 0. The van der Waals surface area contributed by atoms with E-state index in [2.05, 4.69) is 23.3 Å². The molecule has 0 aliphatic heterocycles. The summed E-state index contributed by atoms with van der Waals surface area (Å²) in [5.41, 5.74) is 5.37. The summed E-state index contributed by atoms with van der Waals surface area (Å²) in [6, 6.07) is -3.19. The molecule has 8 nitrogen and oxygen atoms in total. The van der Waals surface area contributed by atoms with Crippen LogP contribution in [0.1, 0.15) is 20.3 Å². The standard InChI is InChI=1S/C12H23N3O5S/c1-6(2)3-8(14-10(17)7(13)4-16)11(18)15-9(5-21)12(19)20/h6-9,16,21H,3-5,13H2,1-2H3,(H,14,17)(H,15,18)(H,19,20). The summed E-state index contributed by atoms with van der Waals surface area (Å²) in [5, 5.41) is 22.4. The number of amides is 2. The maximum Gasteiger partial charge on any atom is 0.327 e. The van der Waals surface area contributed by atoms with E-state index in [1.54, 1.807) is 0 Å². The van der Waals surface area contributed by atoms with Crippen LogP contribution in [0.4, 0.5) is 0 Å². The normalized spacial score (nSPS) is 15.1. The summed E-state index contributed by atoms with van der Waals surface area (Å²) in [5.74, 6) is -2.48. The van der Waals surface area contributed by atoms with Gasteiger partial charge in [-0.3, -0.25) is 9.59 Å². The number of rotatable bonds is 9. The molecule has 21 heavy (non-hydrogen) atoms. The molecule has 0 fully saturated rings. The van der Waals surface area contributed by atoms with Crippen LogP contribution < -0.4 is 16.4 Å². The molecule has 0 aliphatic rings. The van der Waals surface area contributed by atoms with E-state index in [-0.39, 0.29) is 11.7 Å². The first-order valence-corrected chi connectivity index (χ1v) is 7.17. The first-order valence-electron chi connectivity index (χ1n) is 6.53. The molecular weight excluding hydrogens is 298 g/mol. The van der Waals surface area contributed by atoms with Crippen LogP contribution in [0.2, 0.25) is 0 Å². The maximum atomic E-state index is 12.1. The fourth-order valence-corrected chi connectivity index (χ4v) is 1.77. The van der Waals surface area contributed by atoms with Crippen molar-refractivity contribution in [2.24, 2.45) is 11.7 Å². The quantitative estimate of drug-likeness (QED) is 0.281. The summed E-state index contributed by atoms with van der Waals surface area (Å²) in [6.45, 7) is 3.16. The van der Waals surface area contributed by atoms with Gasteiger partial charge in [0.2, 0.25) is 11.8 Å². The lowest BCUT2D eigenvalue weighted by atomic mass is 10.0. The zero-order valence-electron chi connectivity index (χ0n) is 12.1. The molecule has 3 atom stereocenters. The van der Waals surface area contributed by atoms with Crippen LogP contribution in [0.5, 0.6) is 0 Å². The van der Waals surface area contributed by atoms with Gasteiger partial charge in [0.25, 0.3) is 0 Å². The zero-order chi connectivity index (χ0) is 16.6. The minimum Gasteiger partial charge on any atom is -0.480 e.